The smallest absolute Gasteiger partial charge is 0.0814 e. The van der Waals surface area contributed by atoms with E-state index in [0.717, 1.165) is 0 Å². The number of rotatable bonds is 1. The summed E-state index contributed by atoms with van der Waals surface area (Å²) >= 11 is 0. The van der Waals surface area contributed by atoms with Crippen LogP contribution in [0.15, 0.2) is 0 Å². The lowest BCUT2D eigenvalue weighted by molar-refractivity contribution is 0.373. The molecule has 0 fully saturated rings. The van der Waals surface area contributed by atoms with E-state index in [1.165, 1.54) is 0 Å². The Morgan fingerprint density at radius 1 is 1.80 bits per heavy atom. The molecule has 1 unspecified atom stereocenters. The molecule has 0 spiro atoms. The minimum absolute atomic E-state index is 0. The van der Waals surface area contributed by atoms with Crippen LogP contribution in [-0.4, -0.2) is 26.5 Å². The summed E-state index contributed by atoms with van der Waals surface area (Å²) in [5, 5.41) is 7.89. The molecule has 0 aromatic heterocycles. The van der Waals surface area contributed by atoms with Gasteiger partial charge in [-0.2, -0.15) is 0 Å². The van der Waals surface area contributed by atoms with Crippen molar-refractivity contribution in [2.75, 3.05) is 13.0 Å². The molecule has 0 amide bonds. The van der Waals surface area contributed by atoms with Crippen molar-refractivity contribution in [2.45, 2.75) is 0 Å². The third-order valence-corrected chi connectivity index (χ3v) is 0.474. The van der Waals surface area contributed by atoms with E-state index in [9.17, 15) is 0 Å². The zero-order chi connectivity index (χ0) is 3.41. The fraction of sp³-hybridized carbons (Fsp3) is 1.00. The van der Waals surface area contributed by atoms with Crippen LogP contribution in [0.4, 0.5) is 0 Å². The van der Waals surface area contributed by atoms with Gasteiger partial charge in [-0.15, -0.1) is 0 Å². The van der Waals surface area contributed by atoms with E-state index in [-0.39, 0.29) is 8.41 Å². The molecule has 0 radical (unpaired) electrons. The Kier molecular flexibility index (Phi) is 16.0. The highest BCUT2D eigenvalue weighted by molar-refractivity contribution is 7.36. The third kappa shape index (κ3) is 12.7. The van der Waals surface area contributed by atoms with Crippen LogP contribution in [-0.2, 0) is 0 Å². The normalized spacial score (nSPS) is 8.40. The fourth-order valence-corrected chi connectivity index (χ4v) is 0. The average Bonchev–Trinajstić information content (AvgIpc) is 1.37. The van der Waals surface area contributed by atoms with Crippen molar-refractivity contribution in [2.24, 2.45) is 0 Å². The van der Waals surface area contributed by atoms with Gasteiger partial charge in [0.05, 0.1) is 14.8 Å². The minimum atomic E-state index is 0. The Morgan fingerprint density at radius 2 is 2.00 bits per heavy atom. The molecule has 1 N–H and O–H groups in total. The predicted molar refractivity (Wildman–Crippen MR) is 31.3 cm³/mol. The highest BCUT2D eigenvalue weighted by Gasteiger charge is 1.55. The molecule has 0 aromatic carbocycles. The van der Waals surface area contributed by atoms with Crippen LogP contribution in [0.1, 0.15) is 0 Å². The zero-order valence-corrected chi connectivity index (χ0v) is 3.65. The van der Waals surface area contributed by atoms with Crippen molar-refractivity contribution < 1.29 is 5.11 Å². The first kappa shape index (κ1) is 9.07. The average molecular weight is 91.9 g/mol. The van der Waals surface area contributed by atoms with Gasteiger partial charge in [0.1, 0.15) is 0 Å². The maximum Gasteiger partial charge on any atom is 0.0814 e. The van der Waals surface area contributed by atoms with Crippen molar-refractivity contribution in [3.05, 3.63) is 0 Å². The van der Waals surface area contributed by atoms with Crippen LogP contribution in [0, 0.1) is 0 Å². The molecule has 5 heavy (non-hydrogen) atoms. The SMILES string of the molecule is B.CPCO. The van der Waals surface area contributed by atoms with Gasteiger partial charge < -0.3 is 5.11 Å². The molecule has 1 atom stereocenters. The van der Waals surface area contributed by atoms with Crippen LogP contribution in [0.25, 0.3) is 0 Å². The standard InChI is InChI=1S/C2H7OP.BH3/c1-4-2-3;/h3-4H,2H2,1H3;1H3. The molecule has 0 aliphatic carbocycles. The van der Waals surface area contributed by atoms with Gasteiger partial charge in [-0.25, -0.2) is 0 Å². The molecule has 0 saturated heterocycles. The van der Waals surface area contributed by atoms with E-state index in [2.05, 4.69) is 0 Å². The summed E-state index contributed by atoms with van der Waals surface area (Å²) < 4.78 is 0. The summed E-state index contributed by atoms with van der Waals surface area (Å²) in [7, 11) is 0.696. The quantitative estimate of drug-likeness (QED) is 0.327. The number of hydrogen-bond acceptors (Lipinski definition) is 1. The lowest BCUT2D eigenvalue weighted by Crippen LogP contribution is -1.57. The van der Waals surface area contributed by atoms with Crippen LogP contribution < -0.4 is 0 Å². The van der Waals surface area contributed by atoms with Crippen LogP contribution in [0.5, 0.6) is 0 Å². The van der Waals surface area contributed by atoms with Crippen molar-refractivity contribution >= 4 is 17.0 Å². The predicted octanol–water partition coefficient (Wildman–Crippen LogP) is -0.939. The first-order chi connectivity index (χ1) is 1.91. The maximum atomic E-state index is 7.89. The topological polar surface area (TPSA) is 20.2 Å². The van der Waals surface area contributed by atoms with Crippen LogP contribution >= 0.6 is 8.58 Å². The second kappa shape index (κ2) is 8.82. The summed E-state index contributed by atoms with van der Waals surface area (Å²) in [6, 6.07) is 0. The summed E-state index contributed by atoms with van der Waals surface area (Å²) in [4.78, 5) is 0. The fourth-order valence-electron chi connectivity index (χ4n) is 0. The Bertz CT molecular complexity index is 11.6. The van der Waals surface area contributed by atoms with Crippen molar-refractivity contribution in [3.63, 3.8) is 0 Å². The number of aliphatic hydroxyl groups is 1. The monoisotopic (exact) mass is 92.1 g/mol. The molecule has 0 bridgehead atoms. The van der Waals surface area contributed by atoms with Crippen molar-refractivity contribution in [1.29, 1.82) is 0 Å². The Labute approximate surface area is 36.1 Å². The summed E-state index contributed by atoms with van der Waals surface area (Å²) in [6.07, 6.45) is 0.347. The second-order valence-electron chi connectivity index (χ2n) is 0.512. The molecule has 32 valence electrons. The first-order valence-electron chi connectivity index (χ1n) is 1.17. The van der Waals surface area contributed by atoms with Gasteiger partial charge >= 0.3 is 0 Å². The molecular formula is C2H10BOP. The van der Waals surface area contributed by atoms with E-state index in [4.69, 9.17) is 5.11 Å². The Morgan fingerprint density at radius 3 is 2.00 bits per heavy atom. The van der Waals surface area contributed by atoms with Gasteiger partial charge in [0, 0.05) is 0 Å². The molecule has 0 saturated carbocycles. The highest BCUT2D eigenvalue weighted by atomic mass is 31.1. The van der Waals surface area contributed by atoms with Gasteiger partial charge in [-0.05, 0) is 6.66 Å². The van der Waals surface area contributed by atoms with Crippen LogP contribution in [0.2, 0.25) is 0 Å². The Hall–Kier alpha value is 0.455. The molecule has 0 aliphatic rings. The molecule has 0 aromatic rings. The van der Waals surface area contributed by atoms with Gasteiger partial charge in [0.15, 0.2) is 0 Å². The zero-order valence-electron chi connectivity index (χ0n) is 2.65. The lowest BCUT2D eigenvalue weighted by Gasteiger charge is -1.70. The van der Waals surface area contributed by atoms with Gasteiger partial charge in [0.25, 0.3) is 0 Å². The second-order valence-corrected chi connectivity index (χ2v) is 1.54. The van der Waals surface area contributed by atoms with Gasteiger partial charge in [-0.3, -0.25) is 0 Å². The number of hydrogen-bond donors (Lipinski definition) is 1. The number of aliphatic hydroxyl groups excluding tert-OH is 1. The first-order valence-corrected chi connectivity index (χ1v) is 2.88. The summed E-state index contributed by atoms with van der Waals surface area (Å²) in [5.74, 6) is 0. The summed E-state index contributed by atoms with van der Waals surface area (Å²) in [6.45, 7) is 1.96. The van der Waals surface area contributed by atoms with E-state index in [0.29, 0.717) is 14.9 Å². The van der Waals surface area contributed by atoms with E-state index >= 15 is 0 Å². The molecule has 3 heteroatoms. The molecule has 0 aliphatic heterocycles. The summed E-state index contributed by atoms with van der Waals surface area (Å²) in [5.41, 5.74) is 0. The van der Waals surface area contributed by atoms with Gasteiger partial charge in [0.2, 0.25) is 0 Å². The van der Waals surface area contributed by atoms with E-state index in [1.54, 1.807) is 0 Å². The highest BCUT2D eigenvalue weighted by Crippen LogP contribution is 1.93. The van der Waals surface area contributed by atoms with Crippen molar-refractivity contribution in [1.82, 2.24) is 0 Å². The largest absolute Gasteiger partial charge is 0.392 e. The maximum absolute atomic E-state index is 7.89. The molecule has 0 rings (SSSR count). The third-order valence-electron chi connectivity index (χ3n) is 0.158. The van der Waals surface area contributed by atoms with Gasteiger partial charge in [-0.1, -0.05) is 8.58 Å². The van der Waals surface area contributed by atoms with Crippen molar-refractivity contribution in [3.8, 4) is 0 Å². The lowest BCUT2D eigenvalue weighted by atomic mass is 10.8. The minimum Gasteiger partial charge on any atom is -0.392 e. The molecule has 0 heterocycles. The molecular weight excluding hydrogens is 81.8 g/mol. The Balaban J connectivity index is 0. The van der Waals surface area contributed by atoms with E-state index < -0.39 is 0 Å². The van der Waals surface area contributed by atoms with E-state index in [1.807, 2.05) is 6.66 Å². The molecule has 1 nitrogen and oxygen atoms in total. The van der Waals surface area contributed by atoms with Crippen LogP contribution in [0.3, 0.4) is 0 Å².